The molecule has 0 radical (unpaired) electrons. The first kappa shape index (κ1) is 20.9. The van der Waals surface area contributed by atoms with Crippen LogP contribution in [-0.4, -0.2) is 20.7 Å². The van der Waals surface area contributed by atoms with Gasteiger partial charge in [-0.2, -0.15) is 4.98 Å². The molecular formula is C25H19ClFN5O. The molecule has 3 aromatic carbocycles. The molecule has 1 aliphatic heterocycles. The van der Waals surface area contributed by atoms with Crippen LogP contribution in [0.5, 0.6) is 0 Å². The number of hydrogen-bond acceptors (Lipinski definition) is 4. The van der Waals surface area contributed by atoms with E-state index in [1.54, 1.807) is 22.9 Å². The van der Waals surface area contributed by atoms with Crippen LogP contribution in [-0.2, 0) is 4.79 Å². The van der Waals surface area contributed by atoms with Gasteiger partial charge in [0.05, 0.1) is 5.57 Å². The smallest absolute Gasteiger partial charge is 0.255 e. The summed E-state index contributed by atoms with van der Waals surface area (Å²) in [6.07, 6.45) is 0. The number of carbonyl (C=O) groups excluding carboxylic acids is 1. The summed E-state index contributed by atoms with van der Waals surface area (Å²) in [4.78, 5) is 18.0. The number of rotatable bonds is 4. The minimum Gasteiger partial charge on any atom is -0.328 e. The standard InChI is InChI=1S/C25H19ClFN5O/c1-15-21(24(33)29-18-7-3-2-4-8-18)22(19-9-5-6-10-20(19)26)32-25(28-15)30-23(31-32)16-11-13-17(27)14-12-16/h2-14,22H,1H3,(H,29,33)(H,28,30,31). The van der Waals surface area contributed by atoms with E-state index < -0.39 is 6.04 Å². The summed E-state index contributed by atoms with van der Waals surface area (Å²) in [6, 6.07) is 21.9. The highest BCUT2D eigenvalue weighted by Gasteiger charge is 2.35. The third kappa shape index (κ3) is 3.99. The molecule has 0 spiro atoms. The van der Waals surface area contributed by atoms with E-state index in [1.165, 1.54) is 12.1 Å². The minimum absolute atomic E-state index is 0.277. The zero-order chi connectivity index (χ0) is 22.9. The molecule has 2 heterocycles. The second-order valence-electron chi connectivity index (χ2n) is 7.62. The summed E-state index contributed by atoms with van der Waals surface area (Å²) in [7, 11) is 0. The number of carbonyl (C=O) groups is 1. The Labute approximate surface area is 194 Å². The highest BCUT2D eigenvalue weighted by atomic mass is 35.5. The number of halogens is 2. The number of amides is 1. The maximum absolute atomic E-state index is 13.4. The van der Waals surface area contributed by atoms with Crippen LogP contribution in [0.4, 0.5) is 16.0 Å². The Kier molecular flexibility index (Phi) is 5.40. The summed E-state index contributed by atoms with van der Waals surface area (Å²) in [5.74, 6) is 0.257. The van der Waals surface area contributed by atoms with Crippen molar-refractivity contribution in [2.24, 2.45) is 0 Å². The summed E-state index contributed by atoms with van der Waals surface area (Å²) >= 11 is 6.57. The van der Waals surface area contributed by atoms with E-state index in [-0.39, 0.29) is 11.7 Å². The molecule has 0 aliphatic carbocycles. The van der Waals surface area contributed by atoms with Crippen LogP contribution in [0.1, 0.15) is 18.5 Å². The fourth-order valence-corrected chi connectivity index (χ4v) is 4.11. The van der Waals surface area contributed by atoms with Gasteiger partial charge in [-0.25, -0.2) is 9.07 Å². The highest BCUT2D eigenvalue weighted by molar-refractivity contribution is 6.31. The van der Waals surface area contributed by atoms with Crippen molar-refractivity contribution in [2.45, 2.75) is 13.0 Å². The van der Waals surface area contributed by atoms with Crippen molar-refractivity contribution in [3.05, 3.63) is 107 Å². The fraction of sp³-hybridized carbons (Fsp3) is 0.0800. The first-order chi connectivity index (χ1) is 16.0. The molecule has 1 atom stereocenters. The van der Waals surface area contributed by atoms with Gasteiger partial charge in [-0.15, -0.1) is 5.10 Å². The van der Waals surface area contributed by atoms with Crippen LogP contribution in [0.3, 0.4) is 0 Å². The van der Waals surface area contributed by atoms with Gasteiger partial charge < -0.3 is 10.6 Å². The molecule has 5 rings (SSSR count). The van der Waals surface area contributed by atoms with Crippen molar-refractivity contribution in [3.8, 4) is 11.4 Å². The van der Waals surface area contributed by atoms with Crippen molar-refractivity contribution in [3.63, 3.8) is 0 Å². The zero-order valence-electron chi connectivity index (χ0n) is 17.6. The number of hydrogen-bond donors (Lipinski definition) is 2. The topological polar surface area (TPSA) is 71.8 Å². The monoisotopic (exact) mass is 459 g/mol. The Hall–Kier alpha value is -3.97. The number of nitrogens with zero attached hydrogens (tertiary/aromatic N) is 3. The van der Waals surface area contributed by atoms with Crippen LogP contribution < -0.4 is 10.6 Å². The first-order valence-electron chi connectivity index (χ1n) is 10.3. The molecule has 0 saturated heterocycles. The molecule has 0 fully saturated rings. The molecule has 1 unspecified atom stereocenters. The van der Waals surface area contributed by atoms with Gasteiger partial charge in [-0.05, 0) is 49.4 Å². The van der Waals surface area contributed by atoms with Crippen LogP contribution in [0.2, 0.25) is 5.02 Å². The van der Waals surface area contributed by atoms with E-state index in [1.807, 2.05) is 55.5 Å². The lowest BCUT2D eigenvalue weighted by Crippen LogP contribution is -2.31. The van der Waals surface area contributed by atoms with Gasteiger partial charge in [0.1, 0.15) is 11.9 Å². The van der Waals surface area contributed by atoms with Gasteiger partial charge in [0.15, 0.2) is 5.82 Å². The zero-order valence-corrected chi connectivity index (χ0v) is 18.3. The molecule has 1 aromatic heterocycles. The van der Waals surface area contributed by atoms with E-state index >= 15 is 0 Å². The quantitative estimate of drug-likeness (QED) is 0.412. The first-order valence-corrected chi connectivity index (χ1v) is 10.7. The number of allylic oxidation sites excluding steroid dienone is 1. The van der Waals surface area contributed by atoms with E-state index in [2.05, 4.69) is 20.7 Å². The van der Waals surface area contributed by atoms with Gasteiger partial charge >= 0.3 is 0 Å². The van der Waals surface area contributed by atoms with Crippen LogP contribution in [0.25, 0.3) is 11.4 Å². The second kappa shape index (κ2) is 8.52. The maximum atomic E-state index is 13.4. The van der Waals surface area contributed by atoms with Gasteiger partial charge in [0, 0.05) is 27.5 Å². The largest absolute Gasteiger partial charge is 0.328 e. The average Bonchev–Trinajstić information content (AvgIpc) is 3.23. The number of aromatic nitrogens is 3. The molecule has 8 heteroatoms. The van der Waals surface area contributed by atoms with E-state index in [4.69, 9.17) is 11.6 Å². The summed E-state index contributed by atoms with van der Waals surface area (Å²) in [5.41, 5.74) is 3.16. The van der Waals surface area contributed by atoms with E-state index in [0.29, 0.717) is 39.3 Å². The molecule has 4 aromatic rings. The molecule has 0 bridgehead atoms. The molecule has 164 valence electrons. The third-order valence-corrected chi connectivity index (χ3v) is 5.78. The number of anilines is 2. The Morgan fingerprint density at radius 3 is 2.45 bits per heavy atom. The van der Waals surface area contributed by atoms with Crippen LogP contribution in [0, 0.1) is 5.82 Å². The number of fused-ring (bicyclic) bond motifs is 1. The lowest BCUT2D eigenvalue weighted by molar-refractivity contribution is -0.113. The molecule has 1 amide bonds. The predicted octanol–water partition coefficient (Wildman–Crippen LogP) is 5.67. The Morgan fingerprint density at radius 1 is 1.03 bits per heavy atom. The number of benzene rings is 3. The molecule has 2 N–H and O–H groups in total. The van der Waals surface area contributed by atoms with Gasteiger partial charge in [-0.3, -0.25) is 4.79 Å². The SMILES string of the molecule is CC1=C(C(=O)Nc2ccccc2)C(c2ccccc2Cl)n2nc(-c3ccc(F)cc3)nc2N1. The fourth-order valence-electron chi connectivity index (χ4n) is 3.87. The molecule has 1 aliphatic rings. The van der Waals surface area contributed by atoms with Crippen molar-refractivity contribution < 1.29 is 9.18 Å². The van der Waals surface area contributed by atoms with Gasteiger partial charge in [-0.1, -0.05) is 48.0 Å². The van der Waals surface area contributed by atoms with Crippen molar-refractivity contribution in [1.29, 1.82) is 0 Å². The van der Waals surface area contributed by atoms with Crippen molar-refractivity contribution in [1.82, 2.24) is 14.8 Å². The predicted molar refractivity (Wildman–Crippen MR) is 126 cm³/mol. The third-order valence-electron chi connectivity index (χ3n) is 5.43. The van der Waals surface area contributed by atoms with Crippen molar-refractivity contribution in [2.75, 3.05) is 10.6 Å². The van der Waals surface area contributed by atoms with Gasteiger partial charge in [0.2, 0.25) is 5.95 Å². The Morgan fingerprint density at radius 2 is 1.73 bits per heavy atom. The molecule has 6 nitrogen and oxygen atoms in total. The second-order valence-corrected chi connectivity index (χ2v) is 8.03. The molecule has 33 heavy (non-hydrogen) atoms. The number of nitrogens with one attached hydrogen (secondary N) is 2. The van der Waals surface area contributed by atoms with Crippen molar-refractivity contribution >= 4 is 29.1 Å². The average molecular weight is 460 g/mol. The number of para-hydroxylation sites is 1. The van der Waals surface area contributed by atoms with E-state index in [9.17, 15) is 9.18 Å². The van der Waals surface area contributed by atoms with Crippen LogP contribution >= 0.6 is 11.6 Å². The normalized spacial score (nSPS) is 15.1. The lowest BCUT2D eigenvalue weighted by Gasteiger charge is -2.29. The summed E-state index contributed by atoms with van der Waals surface area (Å²) in [5, 5.41) is 11.3. The summed E-state index contributed by atoms with van der Waals surface area (Å²) in [6.45, 7) is 1.82. The maximum Gasteiger partial charge on any atom is 0.255 e. The van der Waals surface area contributed by atoms with Crippen LogP contribution in [0.15, 0.2) is 90.1 Å². The highest BCUT2D eigenvalue weighted by Crippen LogP contribution is 2.39. The Bertz CT molecular complexity index is 1370. The summed E-state index contributed by atoms with van der Waals surface area (Å²) < 4.78 is 15.0. The van der Waals surface area contributed by atoms with Gasteiger partial charge in [0.25, 0.3) is 5.91 Å². The molecule has 0 saturated carbocycles. The lowest BCUT2D eigenvalue weighted by atomic mass is 9.95. The molecular weight excluding hydrogens is 441 g/mol. The minimum atomic E-state index is -0.611. The van der Waals surface area contributed by atoms with E-state index in [0.717, 1.165) is 5.56 Å². The Balaban J connectivity index is 1.62.